The Hall–Kier alpha value is -2.01. The molecule has 2 N–H and O–H groups in total. The minimum Gasteiger partial charge on any atom is -0.467 e. The molecule has 0 radical (unpaired) electrons. The van der Waals surface area contributed by atoms with Crippen molar-refractivity contribution in [3.05, 3.63) is 47.1 Å². The van der Waals surface area contributed by atoms with Crippen molar-refractivity contribution in [2.24, 2.45) is 0 Å². The number of hydrogen-bond acceptors (Lipinski definition) is 3. The molecule has 3 aromatic rings. The average molecular weight is 266 g/mol. The van der Waals surface area contributed by atoms with Crippen LogP contribution in [0.25, 0.3) is 11.0 Å². The van der Waals surface area contributed by atoms with Gasteiger partial charge in [0, 0.05) is 6.07 Å². The van der Waals surface area contributed by atoms with Crippen LogP contribution >= 0.6 is 11.6 Å². The first-order chi connectivity index (χ1) is 8.65. The zero-order valence-corrected chi connectivity index (χ0v) is 9.99. The summed E-state index contributed by atoms with van der Waals surface area (Å²) < 4.78 is 20.4. The number of furan rings is 1. The highest BCUT2D eigenvalue weighted by Crippen LogP contribution is 2.25. The van der Waals surface area contributed by atoms with Crippen LogP contribution in [0.5, 0.6) is 0 Å². The fourth-order valence-corrected chi connectivity index (χ4v) is 2.02. The summed E-state index contributed by atoms with van der Waals surface area (Å²) in [5.74, 6) is 0.518. The molecule has 0 bridgehead atoms. The number of imidazole rings is 1. The second-order valence-corrected chi connectivity index (χ2v) is 4.30. The average Bonchev–Trinajstić information content (AvgIpc) is 2.92. The van der Waals surface area contributed by atoms with Crippen molar-refractivity contribution in [2.45, 2.75) is 6.54 Å². The van der Waals surface area contributed by atoms with Gasteiger partial charge in [-0.3, -0.25) is 0 Å². The van der Waals surface area contributed by atoms with E-state index in [1.165, 1.54) is 12.1 Å². The molecular formula is C12H9ClFN3O. The number of halogens is 2. The molecule has 0 saturated carbocycles. The molecule has 18 heavy (non-hydrogen) atoms. The fourth-order valence-electron chi connectivity index (χ4n) is 1.86. The number of nitrogens with zero attached hydrogens (tertiary/aromatic N) is 2. The van der Waals surface area contributed by atoms with Gasteiger partial charge in [0.15, 0.2) is 0 Å². The Labute approximate surface area is 107 Å². The second kappa shape index (κ2) is 4.03. The van der Waals surface area contributed by atoms with Crippen molar-refractivity contribution < 1.29 is 8.81 Å². The normalized spacial score (nSPS) is 11.2. The Morgan fingerprint density at radius 2 is 2.28 bits per heavy atom. The van der Waals surface area contributed by atoms with E-state index in [0.29, 0.717) is 23.5 Å². The first kappa shape index (κ1) is 11.1. The Bertz CT molecular complexity index is 706. The molecule has 0 amide bonds. The summed E-state index contributed by atoms with van der Waals surface area (Å²) in [5.41, 5.74) is 6.96. The molecule has 1 aromatic carbocycles. The van der Waals surface area contributed by atoms with Crippen LogP contribution in [0, 0.1) is 5.82 Å². The van der Waals surface area contributed by atoms with Gasteiger partial charge in [-0.1, -0.05) is 11.6 Å². The fraction of sp³-hybridized carbons (Fsp3) is 0.0833. The van der Waals surface area contributed by atoms with Crippen LogP contribution in [0.1, 0.15) is 5.76 Å². The van der Waals surface area contributed by atoms with E-state index in [2.05, 4.69) is 4.98 Å². The van der Waals surface area contributed by atoms with Gasteiger partial charge in [-0.15, -0.1) is 0 Å². The number of nitrogen functional groups attached to an aromatic ring is 1. The molecule has 0 unspecified atom stereocenters. The van der Waals surface area contributed by atoms with Crippen LogP contribution in [0.2, 0.25) is 5.02 Å². The van der Waals surface area contributed by atoms with Gasteiger partial charge in [-0.25, -0.2) is 9.37 Å². The number of benzene rings is 1. The number of hydrogen-bond donors (Lipinski definition) is 1. The summed E-state index contributed by atoms with van der Waals surface area (Å²) in [6.45, 7) is 0.399. The van der Waals surface area contributed by atoms with E-state index in [1.807, 2.05) is 6.07 Å². The van der Waals surface area contributed by atoms with Gasteiger partial charge in [0.25, 0.3) is 0 Å². The Morgan fingerprint density at radius 1 is 1.44 bits per heavy atom. The van der Waals surface area contributed by atoms with Crippen molar-refractivity contribution in [1.29, 1.82) is 0 Å². The van der Waals surface area contributed by atoms with Gasteiger partial charge in [-0.2, -0.15) is 0 Å². The maximum Gasteiger partial charge on any atom is 0.201 e. The maximum atomic E-state index is 13.5. The molecule has 0 aliphatic rings. The summed E-state index contributed by atoms with van der Waals surface area (Å²) in [7, 11) is 0. The molecular weight excluding hydrogens is 257 g/mol. The van der Waals surface area contributed by atoms with Gasteiger partial charge < -0.3 is 14.7 Å². The lowest BCUT2D eigenvalue weighted by atomic mass is 10.3. The van der Waals surface area contributed by atoms with E-state index in [0.717, 1.165) is 5.76 Å². The highest BCUT2D eigenvalue weighted by molar-refractivity contribution is 6.31. The number of nitrogens with two attached hydrogens (primary N) is 1. The van der Waals surface area contributed by atoms with Crippen LogP contribution in [-0.4, -0.2) is 9.55 Å². The largest absolute Gasteiger partial charge is 0.467 e. The Kier molecular flexibility index (Phi) is 2.48. The van der Waals surface area contributed by atoms with Gasteiger partial charge in [0.2, 0.25) is 5.95 Å². The molecule has 0 fully saturated rings. The zero-order chi connectivity index (χ0) is 12.7. The highest BCUT2D eigenvalue weighted by atomic mass is 35.5. The van der Waals surface area contributed by atoms with Crippen LogP contribution in [-0.2, 0) is 6.54 Å². The summed E-state index contributed by atoms with van der Waals surface area (Å²) >= 11 is 5.71. The third-order valence-corrected chi connectivity index (χ3v) is 3.00. The smallest absolute Gasteiger partial charge is 0.201 e. The number of aromatic nitrogens is 2. The minimum atomic E-state index is -0.496. The Morgan fingerprint density at radius 3 is 3.00 bits per heavy atom. The molecule has 0 saturated heterocycles. The van der Waals surface area contributed by atoms with Crippen LogP contribution in [0.15, 0.2) is 34.9 Å². The summed E-state index contributed by atoms with van der Waals surface area (Å²) in [6.07, 6.45) is 1.57. The molecule has 0 aliphatic heterocycles. The lowest BCUT2D eigenvalue weighted by molar-refractivity contribution is 0.497. The van der Waals surface area contributed by atoms with E-state index in [9.17, 15) is 4.39 Å². The van der Waals surface area contributed by atoms with Gasteiger partial charge in [-0.05, 0) is 18.2 Å². The summed E-state index contributed by atoms with van der Waals surface area (Å²) in [4.78, 5) is 4.14. The maximum absolute atomic E-state index is 13.5. The van der Waals surface area contributed by atoms with Crippen molar-refractivity contribution in [3.63, 3.8) is 0 Å². The molecule has 0 spiro atoms. The third-order valence-electron chi connectivity index (χ3n) is 2.71. The van der Waals surface area contributed by atoms with Crippen LogP contribution in [0.4, 0.5) is 10.3 Å². The first-order valence-electron chi connectivity index (χ1n) is 5.28. The van der Waals surface area contributed by atoms with Crippen molar-refractivity contribution >= 4 is 28.6 Å². The van der Waals surface area contributed by atoms with Crippen molar-refractivity contribution in [2.75, 3.05) is 5.73 Å². The summed E-state index contributed by atoms with van der Waals surface area (Å²) in [6, 6.07) is 6.38. The molecule has 6 heteroatoms. The lowest BCUT2D eigenvalue weighted by Gasteiger charge is -2.04. The lowest BCUT2D eigenvalue weighted by Crippen LogP contribution is -2.03. The first-order valence-corrected chi connectivity index (χ1v) is 5.66. The quantitative estimate of drug-likeness (QED) is 0.775. The van der Waals surface area contributed by atoms with E-state index in [4.69, 9.17) is 21.8 Å². The number of anilines is 1. The topological polar surface area (TPSA) is 57.0 Å². The Balaban J connectivity index is 2.16. The molecule has 0 atom stereocenters. The van der Waals surface area contributed by atoms with Gasteiger partial charge >= 0.3 is 0 Å². The van der Waals surface area contributed by atoms with E-state index in [-0.39, 0.29) is 5.02 Å². The minimum absolute atomic E-state index is 0.0325. The van der Waals surface area contributed by atoms with Crippen LogP contribution in [0.3, 0.4) is 0 Å². The molecule has 2 heterocycles. The highest BCUT2D eigenvalue weighted by Gasteiger charge is 2.12. The summed E-state index contributed by atoms with van der Waals surface area (Å²) in [5, 5.41) is 0.0325. The second-order valence-electron chi connectivity index (χ2n) is 3.89. The molecule has 0 aliphatic carbocycles. The van der Waals surface area contributed by atoms with E-state index < -0.39 is 5.82 Å². The predicted molar refractivity (Wildman–Crippen MR) is 66.9 cm³/mol. The number of fused-ring (bicyclic) bond motifs is 1. The molecule has 4 nitrogen and oxygen atoms in total. The molecule has 2 aromatic heterocycles. The third kappa shape index (κ3) is 1.73. The van der Waals surface area contributed by atoms with Gasteiger partial charge in [0.1, 0.15) is 11.6 Å². The van der Waals surface area contributed by atoms with E-state index in [1.54, 1.807) is 16.9 Å². The van der Waals surface area contributed by atoms with Crippen LogP contribution < -0.4 is 5.73 Å². The SMILES string of the molecule is Nc1nc2cc(Cl)c(F)cc2n1Cc1ccco1. The van der Waals surface area contributed by atoms with Gasteiger partial charge in [0.05, 0.1) is 28.9 Å². The predicted octanol–water partition coefficient (Wildman–Crippen LogP) is 3.05. The van der Waals surface area contributed by atoms with Crippen molar-refractivity contribution in [1.82, 2.24) is 9.55 Å². The molecule has 92 valence electrons. The monoisotopic (exact) mass is 265 g/mol. The standard InChI is InChI=1S/C12H9ClFN3O/c13-8-4-10-11(5-9(8)14)17(12(15)16-10)6-7-2-1-3-18-7/h1-5H,6H2,(H2,15,16). The van der Waals surface area contributed by atoms with Crippen molar-refractivity contribution in [3.8, 4) is 0 Å². The molecule has 3 rings (SSSR count). The van der Waals surface area contributed by atoms with E-state index >= 15 is 0 Å². The zero-order valence-electron chi connectivity index (χ0n) is 9.23. The number of rotatable bonds is 2.